The van der Waals surface area contributed by atoms with Crippen LogP contribution < -0.4 is 4.31 Å². The summed E-state index contributed by atoms with van der Waals surface area (Å²) in [6.45, 7) is 0. The molecule has 2 rings (SSSR count). The number of hydrogen-bond acceptors (Lipinski definition) is 3. The SMILES string of the molecule is O=C(C(F)F)N(c1ccccc1)S(=O)(=O)c1ccccc1. The molecule has 0 spiro atoms. The Balaban J connectivity index is 2.58. The fourth-order valence-corrected chi connectivity index (χ4v) is 3.16. The van der Waals surface area contributed by atoms with Crippen molar-refractivity contribution in [2.24, 2.45) is 0 Å². The van der Waals surface area contributed by atoms with Gasteiger partial charge in [-0.3, -0.25) is 4.79 Å². The second-order valence-electron chi connectivity index (χ2n) is 4.06. The molecule has 0 bridgehead atoms. The molecule has 4 nitrogen and oxygen atoms in total. The number of sulfonamides is 1. The average Bonchev–Trinajstić information content (AvgIpc) is 2.49. The molecule has 1 amide bonds. The predicted octanol–water partition coefficient (Wildman–Crippen LogP) is 2.67. The van der Waals surface area contributed by atoms with Crippen LogP contribution >= 0.6 is 0 Å². The van der Waals surface area contributed by atoms with Crippen LogP contribution in [0.2, 0.25) is 0 Å². The molecule has 21 heavy (non-hydrogen) atoms. The van der Waals surface area contributed by atoms with Crippen LogP contribution in [0.1, 0.15) is 0 Å². The predicted molar refractivity (Wildman–Crippen MR) is 73.6 cm³/mol. The number of amides is 1. The molecule has 0 saturated heterocycles. The second kappa shape index (κ2) is 6.01. The van der Waals surface area contributed by atoms with Gasteiger partial charge in [0.25, 0.3) is 10.0 Å². The molecule has 0 aromatic heterocycles. The zero-order valence-corrected chi connectivity index (χ0v) is 11.5. The lowest BCUT2D eigenvalue weighted by Crippen LogP contribution is -2.40. The lowest BCUT2D eigenvalue weighted by atomic mass is 10.3. The van der Waals surface area contributed by atoms with Gasteiger partial charge in [0.15, 0.2) is 0 Å². The molecule has 0 saturated carbocycles. The van der Waals surface area contributed by atoms with E-state index in [0.717, 1.165) is 0 Å². The molecule has 7 heteroatoms. The van der Waals surface area contributed by atoms with Crippen LogP contribution in [-0.2, 0) is 14.8 Å². The van der Waals surface area contributed by atoms with E-state index in [1.807, 2.05) is 0 Å². The van der Waals surface area contributed by atoms with Gasteiger partial charge in [-0.15, -0.1) is 0 Å². The Bertz CT molecular complexity index is 718. The molecular weight excluding hydrogens is 300 g/mol. The van der Waals surface area contributed by atoms with Gasteiger partial charge in [0, 0.05) is 0 Å². The van der Waals surface area contributed by atoms with Crippen molar-refractivity contribution < 1.29 is 22.0 Å². The summed E-state index contributed by atoms with van der Waals surface area (Å²) in [5.41, 5.74) is -0.133. The lowest BCUT2D eigenvalue weighted by Gasteiger charge is -2.22. The van der Waals surface area contributed by atoms with Gasteiger partial charge in [-0.05, 0) is 24.3 Å². The highest BCUT2D eigenvalue weighted by Gasteiger charge is 2.35. The normalized spacial score (nSPS) is 11.4. The molecule has 0 atom stereocenters. The maximum Gasteiger partial charge on any atom is 0.317 e. The maximum absolute atomic E-state index is 12.8. The highest BCUT2D eigenvalue weighted by atomic mass is 32.2. The molecular formula is C14H11F2NO3S. The first kappa shape index (κ1) is 15.1. The second-order valence-corrected chi connectivity index (χ2v) is 5.84. The number of anilines is 1. The highest BCUT2D eigenvalue weighted by molar-refractivity contribution is 7.93. The van der Waals surface area contributed by atoms with E-state index >= 15 is 0 Å². The molecule has 0 radical (unpaired) electrons. The minimum absolute atomic E-state index is 0.132. The van der Waals surface area contributed by atoms with Crippen LogP contribution in [0.3, 0.4) is 0 Å². The fourth-order valence-electron chi connectivity index (χ4n) is 1.73. The highest BCUT2D eigenvalue weighted by Crippen LogP contribution is 2.25. The average molecular weight is 311 g/mol. The lowest BCUT2D eigenvalue weighted by molar-refractivity contribution is -0.127. The van der Waals surface area contributed by atoms with Crippen molar-refractivity contribution in [2.75, 3.05) is 4.31 Å². The van der Waals surface area contributed by atoms with Gasteiger partial charge in [0.05, 0.1) is 10.6 Å². The van der Waals surface area contributed by atoms with E-state index in [4.69, 9.17) is 0 Å². The number of carbonyl (C=O) groups excluding carboxylic acids is 1. The number of carbonyl (C=O) groups is 1. The number of benzene rings is 2. The summed E-state index contributed by atoms with van der Waals surface area (Å²) in [5, 5.41) is 0. The Labute approximate surface area is 120 Å². The quantitative estimate of drug-likeness (QED) is 0.872. The molecule has 0 fully saturated rings. The van der Waals surface area contributed by atoms with Crippen molar-refractivity contribution in [3.63, 3.8) is 0 Å². The van der Waals surface area contributed by atoms with Crippen LogP contribution in [0.4, 0.5) is 14.5 Å². The van der Waals surface area contributed by atoms with Crippen LogP contribution in [-0.4, -0.2) is 20.8 Å². The minimum atomic E-state index is -4.39. The zero-order valence-electron chi connectivity index (χ0n) is 10.7. The third-order valence-corrected chi connectivity index (χ3v) is 4.40. The van der Waals surface area contributed by atoms with Crippen molar-refractivity contribution in [3.05, 3.63) is 60.7 Å². The van der Waals surface area contributed by atoms with Crippen LogP contribution in [0, 0.1) is 0 Å². The smallest absolute Gasteiger partial charge is 0.267 e. The van der Waals surface area contributed by atoms with Gasteiger partial charge in [-0.1, -0.05) is 36.4 Å². The number of rotatable bonds is 4. The van der Waals surface area contributed by atoms with E-state index in [2.05, 4.69) is 0 Å². The first-order valence-electron chi connectivity index (χ1n) is 5.92. The van der Waals surface area contributed by atoms with Crippen molar-refractivity contribution in [1.82, 2.24) is 0 Å². The zero-order chi connectivity index (χ0) is 15.5. The van der Waals surface area contributed by atoms with E-state index in [1.54, 1.807) is 12.1 Å². The van der Waals surface area contributed by atoms with Crippen molar-refractivity contribution in [3.8, 4) is 0 Å². The van der Waals surface area contributed by atoms with E-state index in [-0.39, 0.29) is 14.9 Å². The number of nitrogens with zero attached hydrogens (tertiary/aromatic N) is 1. The molecule has 2 aromatic rings. The van der Waals surface area contributed by atoms with E-state index < -0.39 is 22.4 Å². The number of hydrogen-bond donors (Lipinski definition) is 0. The Kier molecular flexibility index (Phi) is 4.32. The monoisotopic (exact) mass is 311 g/mol. The topological polar surface area (TPSA) is 54.5 Å². The molecule has 2 aromatic carbocycles. The Morgan fingerprint density at radius 1 is 0.905 bits per heavy atom. The first-order chi connectivity index (χ1) is 9.94. The molecule has 0 unspecified atom stereocenters. The minimum Gasteiger partial charge on any atom is -0.267 e. The Hall–Kier alpha value is -2.28. The summed E-state index contributed by atoms with van der Waals surface area (Å²) in [5.74, 6) is -1.79. The van der Waals surface area contributed by atoms with E-state index in [1.165, 1.54) is 48.5 Å². The van der Waals surface area contributed by atoms with Gasteiger partial charge < -0.3 is 0 Å². The molecule has 0 aliphatic carbocycles. The standard InChI is InChI=1S/C14H11F2NO3S/c15-13(16)14(18)17(11-7-3-1-4-8-11)21(19,20)12-9-5-2-6-10-12/h1-10,13H. The van der Waals surface area contributed by atoms with Crippen molar-refractivity contribution in [2.45, 2.75) is 11.3 Å². The van der Waals surface area contributed by atoms with Crippen molar-refractivity contribution >= 4 is 21.6 Å². The largest absolute Gasteiger partial charge is 0.317 e. The molecule has 0 heterocycles. The summed E-state index contributed by atoms with van der Waals surface area (Å²) < 4.78 is 50.5. The van der Waals surface area contributed by atoms with Crippen LogP contribution in [0.25, 0.3) is 0 Å². The van der Waals surface area contributed by atoms with Crippen molar-refractivity contribution in [1.29, 1.82) is 0 Å². The fraction of sp³-hybridized carbons (Fsp3) is 0.0714. The van der Waals surface area contributed by atoms with E-state index in [9.17, 15) is 22.0 Å². The third-order valence-electron chi connectivity index (χ3n) is 2.66. The number of halogens is 2. The van der Waals surface area contributed by atoms with Gasteiger partial charge in [0.1, 0.15) is 0 Å². The van der Waals surface area contributed by atoms with E-state index in [0.29, 0.717) is 0 Å². The number of para-hydroxylation sites is 1. The summed E-state index contributed by atoms with van der Waals surface area (Å²) in [7, 11) is -4.39. The Morgan fingerprint density at radius 2 is 1.38 bits per heavy atom. The summed E-state index contributed by atoms with van der Waals surface area (Å²) in [4.78, 5) is 11.4. The van der Waals surface area contributed by atoms with Gasteiger partial charge in [-0.25, -0.2) is 8.42 Å². The Morgan fingerprint density at radius 3 is 1.86 bits per heavy atom. The molecule has 110 valence electrons. The van der Waals surface area contributed by atoms with Crippen LogP contribution in [0.5, 0.6) is 0 Å². The summed E-state index contributed by atoms with van der Waals surface area (Å²) in [6, 6.07) is 14.0. The van der Waals surface area contributed by atoms with Gasteiger partial charge in [0.2, 0.25) is 0 Å². The number of alkyl halides is 2. The van der Waals surface area contributed by atoms with Crippen LogP contribution in [0.15, 0.2) is 65.6 Å². The molecule has 0 aliphatic rings. The summed E-state index contributed by atoms with van der Waals surface area (Å²) in [6.07, 6.45) is -3.43. The third kappa shape index (κ3) is 3.08. The first-order valence-corrected chi connectivity index (χ1v) is 7.36. The van der Waals surface area contributed by atoms with Gasteiger partial charge in [-0.2, -0.15) is 13.1 Å². The maximum atomic E-state index is 12.8. The molecule has 0 N–H and O–H groups in total. The molecule has 0 aliphatic heterocycles. The van der Waals surface area contributed by atoms with Gasteiger partial charge >= 0.3 is 12.3 Å². The summed E-state index contributed by atoms with van der Waals surface area (Å²) >= 11 is 0.